The molecule has 0 unspecified atom stereocenters. The second-order valence-electron chi connectivity index (χ2n) is 7.64. The van der Waals surface area contributed by atoms with Crippen molar-refractivity contribution in [2.75, 3.05) is 26.2 Å². The van der Waals surface area contributed by atoms with Gasteiger partial charge in [-0.2, -0.15) is 0 Å². The minimum atomic E-state index is -0.271. The highest BCUT2D eigenvalue weighted by atomic mass is 32.1. The van der Waals surface area contributed by atoms with E-state index in [1.54, 1.807) is 11.6 Å². The predicted octanol–water partition coefficient (Wildman–Crippen LogP) is 5.34. The lowest BCUT2D eigenvalue weighted by atomic mass is 9.87. The standard InChI is InChI=1S/C25H29NO2S/c1-3-26-15-13-19(14-16-26)25-21-8-6-5-7-18(21)9-11-23-22(25)17-20(29-23)10-12-24(27)28-4-2/h5-8,10,12,17H,3-4,9,11,13-16H2,1-2H3/b12-10+. The molecule has 2 aromatic rings. The highest BCUT2D eigenvalue weighted by Gasteiger charge is 2.25. The largest absolute Gasteiger partial charge is 0.463 e. The minimum absolute atomic E-state index is 0.271. The number of aryl methyl sites for hydroxylation is 2. The lowest BCUT2D eigenvalue weighted by Crippen LogP contribution is -2.30. The first-order valence-corrected chi connectivity index (χ1v) is 11.5. The van der Waals surface area contributed by atoms with E-state index in [1.165, 1.54) is 27.1 Å². The average Bonchev–Trinajstić information content (AvgIpc) is 3.08. The molecule has 4 heteroatoms. The number of ether oxygens (including phenoxy) is 1. The van der Waals surface area contributed by atoms with Crippen LogP contribution in [0.2, 0.25) is 0 Å². The Morgan fingerprint density at radius 3 is 2.66 bits per heavy atom. The van der Waals surface area contributed by atoms with Crippen LogP contribution in [0.3, 0.4) is 0 Å². The highest BCUT2D eigenvalue weighted by molar-refractivity contribution is 7.13. The molecule has 1 aliphatic carbocycles. The van der Waals surface area contributed by atoms with Crippen LogP contribution >= 0.6 is 11.3 Å². The predicted molar refractivity (Wildman–Crippen MR) is 121 cm³/mol. The van der Waals surface area contributed by atoms with E-state index in [0.717, 1.165) is 50.2 Å². The van der Waals surface area contributed by atoms with E-state index in [-0.39, 0.29) is 5.97 Å². The quantitative estimate of drug-likeness (QED) is 0.506. The summed E-state index contributed by atoms with van der Waals surface area (Å²) in [6.07, 6.45) is 7.87. The Morgan fingerprint density at radius 2 is 1.90 bits per heavy atom. The first-order valence-electron chi connectivity index (χ1n) is 10.7. The molecule has 1 saturated heterocycles. The van der Waals surface area contributed by atoms with Gasteiger partial charge in [-0.25, -0.2) is 4.79 Å². The van der Waals surface area contributed by atoms with Crippen LogP contribution in [0.15, 0.2) is 42.0 Å². The Labute approximate surface area is 177 Å². The first-order chi connectivity index (χ1) is 14.2. The number of nitrogens with zero attached hydrogens (tertiary/aromatic N) is 1. The van der Waals surface area contributed by atoms with Gasteiger partial charge in [-0.15, -0.1) is 11.3 Å². The zero-order valence-electron chi connectivity index (χ0n) is 17.4. The molecular weight excluding hydrogens is 378 g/mol. The molecule has 4 rings (SSSR count). The summed E-state index contributed by atoms with van der Waals surface area (Å²) in [7, 11) is 0. The number of carbonyl (C=O) groups excluding carboxylic acids is 1. The van der Waals surface area contributed by atoms with Gasteiger partial charge in [-0.1, -0.05) is 36.8 Å². The number of esters is 1. The molecule has 0 saturated carbocycles. The summed E-state index contributed by atoms with van der Waals surface area (Å²) in [5.74, 6) is -0.271. The van der Waals surface area contributed by atoms with Crippen molar-refractivity contribution in [3.05, 3.63) is 68.4 Å². The van der Waals surface area contributed by atoms with Crippen LogP contribution in [0.25, 0.3) is 11.6 Å². The summed E-state index contributed by atoms with van der Waals surface area (Å²) in [5, 5.41) is 0. The van der Waals surface area contributed by atoms with Gasteiger partial charge in [0.05, 0.1) is 6.61 Å². The number of carbonyl (C=O) groups is 1. The van der Waals surface area contributed by atoms with Crippen molar-refractivity contribution in [2.45, 2.75) is 39.5 Å². The van der Waals surface area contributed by atoms with Crippen LogP contribution in [0.1, 0.15) is 53.1 Å². The molecule has 1 fully saturated rings. The third-order valence-corrected chi connectivity index (χ3v) is 7.10. The number of piperidine rings is 1. The summed E-state index contributed by atoms with van der Waals surface area (Å²) >= 11 is 1.81. The monoisotopic (exact) mass is 407 g/mol. The second kappa shape index (κ2) is 9.10. The summed E-state index contributed by atoms with van der Waals surface area (Å²) in [4.78, 5) is 16.8. The van der Waals surface area contributed by atoms with Crippen LogP contribution in [-0.2, 0) is 22.4 Å². The van der Waals surface area contributed by atoms with Crippen molar-refractivity contribution in [3.8, 4) is 0 Å². The van der Waals surface area contributed by atoms with Gasteiger partial charge >= 0.3 is 5.97 Å². The molecule has 1 aromatic carbocycles. The van der Waals surface area contributed by atoms with Crippen LogP contribution in [-0.4, -0.2) is 37.1 Å². The molecular formula is C25H29NO2S. The molecule has 0 atom stereocenters. The Bertz CT molecular complexity index is 943. The van der Waals surface area contributed by atoms with Crippen molar-refractivity contribution in [1.82, 2.24) is 4.90 Å². The van der Waals surface area contributed by atoms with Gasteiger partial charge in [0.1, 0.15) is 0 Å². The Balaban J connectivity index is 1.75. The lowest BCUT2D eigenvalue weighted by Gasteiger charge is -2.29. The van der Waals surface area contributed by atoms with Gasteiger partial charge in [0.2, 0.25) is 0 Å². The van der Waals surface area contributed by atoms with Crippen molar-refractivity contribution < 1.29 is 9.53 Å². The van der Waals surface area contributed by atoms with E-state index in [2.05, 4.69) is 42.2 Å². The van der Waals surface area contributed by atoms with Crippen molar-refractivity contribution >= 4 is 29.0 Å². The fourth-order valence-electron chi connectivity index (χ4n) is 4.41. The average molecular weight is 408 g/mol. The van der Waals surface area contributed by atoms with Crippen LogP contribution in [0.5, 0.6) is 0 Å². The van der Waals surface area contributed by atoms with Gasteiger partial charge in [-0.3, -0.25) is 0 Å². The van der Waals surface area contributed by atoms with E-state index in [4.69, 9.17) is 4.74 Å². The molecule has 2 aliphatic rings. The maximum Gasteiger partial charge on any atom is 0.330 e. The first kappa shape index (κ1) is 20.1. The topological polar surface area (TPSA) is 29.5 Å². The third kappa shape index (κ3) is 4.39. The molecule has 0 spiro atoms. The lowest BCUT2D eigenvalue weighted by molar-refractivity contribution is -0.137. The number of thiophene rings is 1. The number of fused-ring (bicyclic) bond motifs is 2. The fourth-order valence-corrected chi connectivity index (χ4v) is 5.49. The number of likely N-dealkylation sites (tertiary alicyclic amines) is 1. The molecule has 0 bridgehead atoms. The summed E-state index contributed by atoms with van der Waals surface area (Å²) in [6.45, 7) is 7.91. The second-order valence-corrected chi connectivity index (χ2v) is 8.81. The molecule has 0 radical (unpaired) electrons. The molecule has 29 heavy (non-hydrogen) atoms. The normalized spacial score (nSPS) is 17.2. The minimum Gasteiger partial charge on any atom is -0.463 e. The Morgan fingerprint density at radius 1 is 1.10 bits per heavy atom. The van der Waals surface area contributed by atoms with Crippen LogP contribution < -0.4 is 0 Å². The molecule has 0 amide bonds. The van der Waals surface area contributed by atoms with Crippen molar-refractivity contribution in [2.24, 2.45) is 0 Å². The molecule has 152 valence electrons. The summed E-state index contributed by atoms with van der Waals surface area (Å²) in [6, 6.07) is 11.2. The molecule has 1 aromatic heterocycles. The van der Waals surface area contributed by atoms with Gasteiger partial charge in [0.15, 0.2) is 0 Å². The maximum atomic E-state index is 11.7. The van der Waals surface area contributed by atoms with E-state index in [9.17, 15) is 4.79 Å². The summed E-state index contributed by atoms with van der Waals surface area (Å²) in [5.41, 5.74) is 7.29. The van der Waals surface area contributed by atoms with Gasteiger partial charge < -0.3 is 9.64 Å². The Kier molecular flexibility index (Phi) is 6.31. The van der Waals surface area contributed by atoms with E-state index in [1.807, 2.05) is 24.3 Å². The number of hydrogen-bond donors (Lipinski definition) is 0. The molecule has 1 aliphatic heterocycles. The number of benzene rings is 1. The van der Waals surface area contributed by atoms with Gasteiger partial charge in [0, 0.05) is 28.9 Å². The van der Waals surface area contributed by atoms with Crippen molar-refractivity contribution in [3.63, 3.8) is 0 Å². The zero-order chi connectivity index (χ0) is 20.2. The van der Waals surface area contributed by atoms with E-state index in [0.29, 0.717) is 6.61 Å². The SMILES string of the molecule is CCOC(=O)/C=C/c1cc2c(s1)CCc1ccccc1C2=C1CCN(CC)CC1. The maximum absolute atomic E-state index is 11.7. The van der Waals surface area contributed by atoms with Crippen molar-refractivity contribution in [1.29, 1.82) is 0 Å². The Hall–Kier alpha value is -2.17. The number of rotatable bonds is 4. The van der Waals surface area contributed by atoms with E-state index < -0.39 is 0 Å². The van der Waals surface area contributed by atoms with Crippen LogP contribution in [0.4, 0.5) is 0 Å². The van der Waals surface area contributed by atoms with Crippen LogP contribution in [0, 0.1) is 0 Å². The smallest absolute Gasteiger partial charge is 0.330 e. The molecule has 2 heterocycles. The fraction of sp³-hybridized carbons (Fsp3) is 0.400. The van der Waals surface area contributed by atoms with Gasteiger partial charge in [-0.05, 0) is 73.6 Å². The zero-order valence-corrected chi connectivity index (χ0v) is 18.2. The molecule has 3 nitrogen and oxygen atoms in total. The third-order valence-electron chi connectivity index (χ3n) is 5.94. The molecule has 0 N–H and O–H groups in total. The summed E-state index contributed by atoms with van der Waals surface area (Å²) < 4.78 is 5.03. The number of hydrogen-bond acceptors (Lipinski definition) is 4. The van der Waals surface area contributed by atoms with Gasteiger partial charge in [0.25, 0.3) is 0 Å². The van der Waals surface area contributed by atoms with E-state index >= 15 is 0 Å². The highest BCUT2D eigenvalue weighted by Crippen LogP contribution is 2.42.